The van der Waals surface area contributed by atoms with Crippen LogP contribution in [0.4, 0.5) is 0 Å². The molecule has 0 bridgehead atoms. The van der Waals surface area contributed by atoms with Crippen LogP contribution in [0, 0.1) is 0 Å². The lowest BCUT2D eigenvalue weighted by atomic mass is 10.0. The van der Waals surface area contributed by atoms with Crippen LogP contribution in [0.5, 0.6) is 0 Å². The van der Waals surface area contributed by atoms with Crippen molar-refractivity contribution in [3.63, 3.8) is 0 Å². The quantitative estimate of drug-likeness (QED) is 0.903. The molecule has 0 aliphatic carbocycles. The maximum absolute atomic E-state index is 6.46. The molecule has 1 aliphatic heterocycles. The Balaban J connectivity index is 2.05. The molecule has 0 amide bonds. The first-order chi connectivity index (χ1) is 8.76. The van der Waals surface area contributed by atoms with Crippen molar-refractivity contribution < 1.29 is 0 Å². The van der Waals surface area contributed by atoms with Gasteiger partial charge in [-0.3, -0.25) is 4.68 Å². The van der Waals surface area contributed by atoms with Crippen LogP contribution in [0.25, 0.3) is 0 Å². The van der Waals surface area contributed by atoms with E-state index in [1.54, 1.807) is 0 Å². The fourth-order valence-electron chi connectivity index (χ4n) is 2.36. The summed E-state index contributed by atoms with van der Waals surface area (Å²) in [6.45, 7) is 5.42. The molecule has 5 heteroatoms. The van der Waals surface area contributed by atoms with E-state index in [9.17, 15) is 0 Å². The summed E-state index contributed by atoms with van der Waals surface area (Å²) in [7, 11) is 0. The molecule has 18 heavy (non-hydrogen) atoms. The van der Waals surface area contributed by atoms with E-state index in [2.05, 4.69) is 36.9 Å². The molecule has 2 heterocycles. The largest absolute Gasteiger partial charge is 0.323 e. The zero-order valence-electron chi connectivity index (χ0n) is 11.2. The Morgan fingerprint density at radius 3 is 2.94 bits per heavy atom. The summed E-state index contributed by atoms with van der Waals surface area (Å²) >= 11 is 4.12. The molecule has 0 aromatic carbocycles. The molecule has 1 fully saturated rings. The number of nitrogens with zero attached hydrogens (tertiary/aromatic N) is 2. The normalized spacial score (nSPS) is 26.2. The van der Waals surface area contributed by atoms with Crippen LogP contribution in [-0.2, 0) is 6.54 Å². The summed E-state index contributed by atoms with van der Waals surface area (Å²) in [4.78, 5) is 0. The van der Waals surface area contributed by atoms with Gasteiger partial charge in [-0.05, 0) is 12.8 Å². The molecule has 1 aromatic heterocycles. The molecule has 0 spiro atoms. The Morgan fingerprint density at radius 2 is 2.22 bits per heavy atom. The summed E-state index contributed by atoms with van der Waals surface area (Å²) < 4.78 is 2.01. The molecule has 0 saturated carbocycles. The minimum absolute atomic E-state index is 0.123. The van der Waals surface area contributed by atoms with Gasteiger partial charge in [0.15, 0.2) is 0 Å². The van der Waals surface area contributed by atoms with E-state index < -0.39 is 0 Å². The van der Waals surface area contributed by atoms with Gasteiger partial charge in [0.25, 0.3) is 0 Å². The average molecular weight is 285 g/mol. The summed E-state index contributed by atoms with van der Waals surface area (Å²) in [5, 5.41) is 5.62. The molecule has 1 aromatic rings. The van der Waals surface area contributed by atoms with Gasteiger partial charge in [0.05, 0.1) is 6.20 Å². The number of nitrogens with two attached hydrogens (primary N) is 1. The zero-order chi connectivity index (χ0) is 13.0. The molecule has 1 aliphatic rings. The molecule has 1 saturated heterocycles. The monoisotopic (exact) mass is 285 g/mol. The maximum Gasteiger partial charge on any atom is 0.0537 e. The van der Waals surface area contributed by atoms with E-state index >= 15 is 0 Å². The topological polar surface area (TPSA) is 43.8 Å². The van der Waals surface area contributed by atoms with Gasteiger partial charge >= 0.3 is 0 Å². The third-order valence-corrected chi connectivity index (χ3v) is 6.71. The van der Waals surface area contributed by atoms with Gasteiger partial charge in [0, 0.05) is 46.4 Å². The van der Waals surface area contributed by atoms with Crippen LogP contribution in [0.2, 0.25) is 0 Å². The fourth-order valence-corrected chi connectivity index (χ4v) is 5.55. The van der Waals surface area contributed by atoms with E-state index in [-0.39, 0.29) is 6.04 Å². The lowest BCUT2D eigenvalue weighted by Crippen LogP contribution is -2.35. The van der Waals surface area contributed by atoms with Crippen molar-refractivity contribution in [2.45, 2.75) is 49.8 Å². The molecular formula is C13H23N3S2. The predicted molar refractivity (Wildman–Crippen MR) is 82.2 cm³/mol. The zero-order valence-corrected chi connectivity index (χ0v) is 12.8. The molecule has 3 unspecified atom stereocenters. The van der Waals surface area contributed by atoms with E-state index in [0.29, 0.717) is 10.5 Å². The van der Waals surface area contributed by atoms with Gasteiger partial charge < -0.3 is 5.73 Å². The Bertz CT molecular complexity index is 367. The first-order valence-electron chi connectivity index (χ1n) is 6.77. The molecule has 2 rings (SSSR count). The number of thioether (sulfide) groups is 2. The summed E-state index contributed by atoms with van der Waals surface area (Å²) in [5.74, 6) is 2.49. The van der Waals surface area contributed by atoms with Gasteiger partial charge in [-0.25, -0.2) is 0 Å². The highest BCUT2D eigenvalue weighted by atomic mass is 32.2. The molecular weight excluding hydrogens is 262 g/mol. The number of aryl methyl sites for hydroxylation is 1. The number of hydrogen-bond acceptors (Lipinski definition) is 4. The Kier molecular flexibility index (Phi) is 5.45. The van der Waals surface area contributed by atoms with Gasteiger partial charge in [-0.15, -0.1) is 0 Å². The van der Waals surface area contributed by atoms with Crippen molar-refractivity contribution in [3.8, 4) is 0 Å². The molecule has 2 N–H and O–H groups in total. The van der Waals surface area contributed by atoms with Crippen molar-refractivity contribution >= 4 is 23.5 Å². The van der Waals surface area contributed by atoms with Gasteiger partial charge in [-0.1, -0.05) is 13.8 Å². The minimum Gasteiger partial charge on any atom is -0.323 e. The standard InChI is InChI=1S/C13H23N3S2/c1-3-5-16-9-10(8-15-16)12(14)13-11(4-2)17-6-7-18-13/h8-9,11-13H,3-7,14H2,1-2H3. The van der Waals surface area contributed by atoms with E-state index in [1.807, 2.05) is 22.6 Å². The second kappa shape index (κ2) is 6.87. The van der Waals surface area contributed by atoms with Crippen LogP contribution >= 0.6 is 23.5 Å². The van der Waals surface area contributed by atoms with Gasteiger partial charge in [0.2, 0.25) is 0 Å². The fraction of sp³-hybridized carbons (Fsp3) is 0.769. The molecule has 3 nitrogen and oxygen atoms in total. The second-order valence-electron chi connectivity index (χ2n) is 4.72. The van der Waals surface area contributed by atoms with Crippen molar-refractivity contribution in [2.75, 3.05) is 11.5 Å². The number of aromatic nitrogens is 2. The van der Waals surface area contributed by atoms with Crippen molar-refractivity contribution in [1.82, 2.24) is 9.78 Å². The number of rotatable bonds is 5. The van der Waals surface area contributed by atoms with Crippen molar-refractivity contribution in [3.05, 3.63) is 18.0 Å². The van der Waals surface area contributed by atoms with Gasteiger partial charge in [0.1, 0.15) is 0 Å². The molecule has 0 radical (unpaired) electrons. The lowest BCUT2D eigenvalue weighted by Gasteiger charge is -2.33. The van der Waals surface area contributed by atoms with E-state index in [0.717, 1.165) is 13.0 Å². The highest BCUT2D eigenvalue weighted by molar-refractivity contribution is 8.07. The Morgan fingerprint density at radius 1 is 1.44 bits per heavy atom. The molecule has 3 atom stereocenters. The second-order valence-corrected chi connectivity index (χ2v) is 7.35. The lowest BCUT2D eigenvalue weighted by molar-refractivity contribution is 0.597. The van der Waals surface area contributed by atoms with Gasteiger partial charge in [-0.2, -0.15) is 28.6 Å². The summed E-state index contributed by atoms with van der Waals surface area (Å²) in [6.07, 6.45) is 6.40. The van der Waals surface area contributed by atoms with Crippen LogP contribution in [-0.4, -0.2) is 31.8 Å². The Hall–Kier alpha value is -0.130. The highest BCUT2D eigenvalue weighted by Gasteiger charge is 2.31. The van der Waals surface area contributed by atoms with E-state index in [1.165, 1.54) is 23.5 Å². The first kappa shape index (κ1) is 14.3. The van der Waals surface area contributed by atoms with Crippen LogP contribution in [0.3, 0.4) is 0 Å². The van der Waals surface area contributed by atoms with Crippen LogP contribution < -0.4 is 5.73 Å². The first-order valence-corrected chi connectivity index (χ1v) is 8.87. The third-order valence-electron chi connectivity index (χ3n) is 3.34. The highest BCUT2D eigenvalue weighted by Crippen LogP contribution is 2.39. The van der Waals surface area contributed by atoms with Crippen LogP contribution in [0.1, 0.15) is 38.3 Å². The van der Waals surface area contributed by atoms with Crippen molar-refractivity contribution in [1.29, 1.82) is 0 Å². The van der Waals surface area contributed by atoms with E-state index in [4.69, 9.17) is 5.73 Å². The number of hydrogen-bond donors (Lipinski definition) is 1. The Labute approximate surface area is 118 Å². The SMILES string of the molecule is CCCn1cc(C(N)C2SCCSC2CC)cn1. The average Bonchev–Trinajstić information content (AvgIpc) is 2.87. The van der Waals surface area contributed by atoms with Crippen LogP contribution in [0.15, 0.2) is 12.4 Å². The minimum atomic E-state index is 0.123. The maximum atomic E-state index is 6.46. The third kappa shape index (κ3) is 3.25. The summed E-state index contributed by atoms with van der Waals surface area (Å²) in [5.41, 5.74) is 7.65. The smallest absolute Gasteiger partial charge is 0.0537 e. The molecule has 102 valence electrons. The van der Waals surface area contributed by atoms with Crippen molar-refractivity contribution in [2.24, 2.45) is 5.73 Å². The summed E-state index contributed by atoms with van der Waals surface area (Å²) in [6, 6.07) is 0.123. The predicted octanol–water partition coefficient (Wildman–Crippen LogP) is 2.92.